The zero-order chi connectivity index (χ0) is 14.7. The quantitative estimate of drug-likeness (QED) is 0.486. The van der Waals surface area contributed by atoms with Gasteiger partial charge in [0.15, 0.2) is 0 Å². The molecule has 1 aliphatic rings. The molecule has 0 saturated carbocycles. The van der Waals surface area contributed by atoms with Crippen molar-refractivity contribution in [3.8, 4) is 0 Å². The largest absolute Gasteiger partial charge is 0.393 e. The third kappa shape index (κ3) is 2.83. The first-order valence-corrected chi connectivity index (χ1v) is 6.60. The lowest BCUT2D eigenvalue weighted by Crippen LogP contribution is -2.48. The first kappa shape index (κ1) is 14.5. The van der Waals surface area contributed by atoms with Gasteiger partial charge in [-0.25, -0.2) is 0 Å². The summed E-state index contributed by atoms with van der Waals surface area (Å²) in [5.74, 6) is 0. The van der Waals surface area contributed by atoms with Crippen LogP contribution in [0.15, 0.2) is 18.2 Å². The fraction of sp³-hybridized carbons (Fsp3) is 0.538. The van der Waals surface area contributed by atoms with Crippen molar-refractivity contribution in [1.82, 2.24) is 0 Å². The van der Waals surface area contributed by atoms with Gasteiger partial charge < -0.3 is 21.1 Å². The maximum absolute atomic E-state index is 10.8. The number of piperidine rings is 1. The molecule has 7 nitrogen and oxygen atoms in total. The first-order valence-electron chi connectivity index (χ1n) is 6.60. The second-order valence-corrected chi connectivity index (χ2v) is 4.97. The Morgan fingerprint density at radius 1 is 1.55 bits per heavy atom. The van der Waals surface area contributed by atoms with Crippen LogP contribution in [0.5, 0.6) is 0 Å². The lowest BCUT2D eigenvalue weighted by atomic mass is 9.98. The molecule has 2 atom stereocenters. The Hall–Kier alpha value is -1.86. The Labute approximate surface area is 117 Å². The molecule has 0 amide bonds. The van der Waals surface area contributed by atoms with Crippen LogP contribution in [0.3, 0.4) is 0 Å². The number of nitrogen functional groups attached to an aromatic ring is 1. The fourth-order valence-electron chi connectivity index (χ4n) is 2.68. The fourth-order valence-corrected chi connectivity index (χ4v) is 2.68. The summed E-state index contributed by atoms with van der Waals surface area (Å²) in [5, 5.41) is 10.8. The molecule has 20 heavy (non-hydrogen) atoms. The van der Waals surface area contributed by atoms with Crippen molar-refractivity contribution in [3.63, 3.8) is 0 Å². The number of methoxy groups -OCH3 is 1. The molecule has 0 aliphatic carbocycles. The van der Waals surface area contributed by atoms with Crippen molar-refractivity contribution in [2.75, 3.05) is 30.8 Å². The third-order valence-corrected chi connectivity index (χ3v) is 3.81. The van der Waals surface area contributed by atoms with Crippen LogP contribution in [-0.4, -0.2) is 37.3 Å². The number of hydrogen-bond donors (Lipinski definition) is 2. The molecule has 0 spiro atoms. The van der Waals surface area contributed by atoms with E-state index >= 15 is 0 Å². The van der Waals surface area contributed by atoms with E-state index in [1.807, 2.05) is 0 Å². The molecule has 2 unspecified atom stereocenters. The van der Waals surface area contributed by atoms with E-state index < -0.39 is 4.92 Å². The normalized spacial score (nSPS) is 22.8. The number of benzene rings is 1. The van der Waals surface area contributed by atoms with Gasteiger partial charge in [-0.05, 0) is 25.0 Å². The summed E-state index contributed by atoms with van der Waals surface area (Å²) in [6, 6.07) is 4.98. The molecule has 110 valence electrons. The number of nitro benzene ring substituents is 1. The van der Waals surface area contributed by atoms with Crippen LogP contribution in [-0.2, 0) is 4.74 Å². The molecule has 1 aliphatic heterocycles. The molecular formula is C13H20N4O3. The summed E-state index contributed by atoms with van der Waals surface area (Å²) in [5.41, 5.74) is 12.6. The van der Waals surface area contributed by atoms with E-state index in [0.717, 1.165) is 25.1 Å². The average molecular weight is 280 g/mol. The predicted octanol–water partition coefficient (Wildman–Crippen LogP) is 1.12. The molecule has 1 fully saturated rings. The number of rotatable bonds is 4. The number of nitro groups is 1. The van der Waals surface area contributed by atoms with Gasteiger partial charge >= 0.3 is 0 Å². The molecule has 0 radical (unpaired) electrons. The van der Waals surface area contributed by atoms with E-state index in [9.17, 15) is 10.1 Å². The zero-order valence-electron chi connectivity index (χ0n) is 11.5. The van der Waals surface area contributed by atoms with Crippen molar-refractivity contribution in [2.24, 2.45) is 5.73 Å². The van der Waals surface area contributed by atoms with Gasteiger partial charge in [0.25, 0.3) is 5.69 Å². The lowest BCUT2D eigenvalue weighted by molar-refractivity contribution is -0.383. The topological polar surface area (TPSA) is 108 Å². The highest BCUT2D eigenvalue weighted by Gasteiger charge is 2.28. The molecule has 1 aromatic carbocycles. The van der Waals surface area contributed by atoms with Gasteiger partial charge in [-0.3, -0.25) is 10.1 Å². The average Bonchev–Trinajstić information content (AvgIpc) is 2.46. The van der Waals surface area contributed by atoms with Crippen molar-refractivity contribution in [1.29, 1.82) is 0 Å². The Morgan fingerprint density at radius 3 is 2.85 bits per heavy atom. The Bertz CT molecular complexity index is 495. The van der Waals surface area contributed by atoms with E-state index in [1.54, 1.807) is 19.2 Å². The van der Waals surface area contributed by atoms with E-state index in [2.05, 4.69) is 4.90 Å². The standard InChI is InChI=1S/C13H20N4O3/c1-20-11-4-5-16(10(6-11)8-14)9-2-3-13(17(18)19)12(15)7-9/h2-3,7,10-11H,4-6,8,14-15H2,1H3. The summed E-state index contributed by atoms with van der Waals surface area (Å²) >= 11 is 0. The minimum Gasteiger partial charge on any atom is -0.393 e. The van der Waals surface area contributed by atoms with Gasteiger partial charge in [0, 0.05) is 38.0 Å². The summed E-state index contributed by atoms with van der Waals surface area (Å²) in [7, 11) is 1.71. The molecule has 1 saturated heterocycles. The lowest BCUT2D eigenvalue weighted by Gasteiger charge is -2.40. The summed E-state index contributed by atoms with van der Waals surface area (Å²) < 4.78 is 5.39. The number of nitrogens with zero attached hydrogens (tertiary/aromatic N) is 2. The highest BCUT2D eigenvalue weighted by molar-refractivity contribution is 5.67. The van der Waals surface area contributed by atoms with Crippen LogP contribution in [0.4, 0.5) is 17.1 Å². The number of anilines is 2. The summed E-state index contributed by atoms with van der Waals surface area (Å²) in [6.45, 7) is 1.31. The van der Waals surface area contributed by atoms with Gasteiger partial charge in [-0.2, -0.15) is 0 Å². The molecule has 1 aromatic rings. The second kappa shape index (κ2) is 6.06. The number of hydrogen-bond acceptors (Lipinski definition) is 6. The van der Waals surface area contributed by atoms with Crippen molar-refractivity contribution in [3.05, 3.63) is 28.3 Å². The second-order valence-electron chi connectivity index (χ2n) is 4.97. The highest BCUT2D eigenvalue weighted by Crippen LogP contribution is 2.31. The zero-order valence-corrected chi connectivity index (χ0v) is 11.5. The van der Waals surface area contributed by atoms with Crippen molar-refractivity contribution >= 4 is 17.1 Å². The van der Waals surface area contributed by atoms with Gasteiger partial charge in [0.05, 0.1) is 11.0 Å². The molecular weight excluding hydrogens is 260 g/mol. The van der Waals surface area contributed by atoms with Crippen molar-refractivity contribution < 1.29 is 9.66 Å². The third-order valence-electron chi connectivity index (χ3n) is 3.81. The minimum absolute atomic E-state index is 0.0650. The van der Waals surface area contributed by atoms with Crippen LogP contribution in [0.1, 0.15) is 12.8 Å². The molecule has 1 heterocycles. The van der Waals surface area contributed by atoms with Crippen LogP contribution in [0.25, 0.3) is 0 Å². The maximum Gasteiger partial charge on any atom is 0.292 e. The van der Waals surface area contributed by atoms with E-state index in [-0.39, 0.29) is 23.5 Å². The first-order chi connectivity index (χ1) is 9.56. The highest BCUT2D eigenvalue weighted by atomic mass is 16.6. The Balaban J connectivity index is 2.22. The molecule has 7 heteroatoms. The summed E-state index contributed by atoms with van der Waals surface area (Å²) in [6.07, 6.45) is 1.98. The Kier molecular flexibility index (Phi) is 4.41. The van der Waals surface area contributed by atoms with Crippen molar-refractivity contribution in [2.45, 2.75) is 25.0 Å². The molecule has 0 aromatic heterocycles. The van der Waals surface area contributed by atoms with Gasteiger partial charge in [0.2, 0.25) is 0 Å². The molecule has 0 bridgehead atoms. The van der Waals surface area contributed by atoms with Crippen LogP contribution in [0, 0.1) is 10.1 Å². The number of nitrogens with two attached hydrogens (primary N) is 2. The van der Waals surface area contributed by atoms with E-state index in [4.69, 9.17) is 16.2 Å². The number of ether oxygens (including phenoxy) is 1. The van der Waals surface area contributed by atoms with E-state index in [1.165, 1.54) is 6.07 Å². The van der Waals surface area contributed by atoms with Crippen LogP contribution in [0.2, 0.25) is 0 Å². The molecule has 2 rings (SSSR count). The minimum atomic E-state index is -0.476. The Morgan fingerprint density at radius 2 is 2.30 bits per heavy atom. The predicted molar refractivity (Wildman–Crippen MR) is 77.7 cm³/mol. The van der Waals surface area contributed by atoms with Gasteiger partial charge in [0.1, 0.15) is 5.69 Å². The van der Waals surface area contributed by atoms with Gasteiger partial charge in [-0.15, -0.1) is 0 Å². The van der Waals surface area contributed by atoms with E-state index in [0.29, 0.717) is 6.54 Å². The monoisotopic (exact) mass is 280 g/mol. The van der Waals surface area contributed by atoms with Crippen LogP contribution < -0.4 is 16.4 Å². The summed E-state index contributed by atoms with van der Waals surface area (Å²) in [4.78, 5) is 12.5. The van der Waals surface area contributed by atoms with Gasteiger partial charge in [-0.1, -0.05) is 0 Å². The SMILES string of the molecule is COC1CCN(c2ccc([N+](=O)[O-])c(N)c2)C(CN)C1. The smallest absolute Gasteiger partial charge is 0.292 e. The maximum atomic E-state index is 10.8. The van der Waals surface area contributed by atoms with Crippen LogP contribution >= 0.6 is 0 Å². The molecule has 4 N–H and O–H groups in total.